The summed E-state index contributed by atoms with van der Waals surface area (Å²) >= 11 is 0. The predicted molar refractivity (Wildman–Crippen MR) is 217 cm³/mol. The minimum absolute atomic E-state index is 0.0284. The highest BCUT2D eigenvalue weighted by Gasteiger charge is 2.19. The minimum Gasteiger partial charge on any atom is -0.456 e. The molecule has 2 aromatic heterocycles. The van der Waals surface area contributed by atoms with Crippen LogP contribution in [0.4, 0.5) is 0 Å². The molecule has 0 bridgehead atoms. The Balaban J connectivity index is 1.29. The molecule has 0 atom stereocenters. The van der Waals surface area contributed by atoms with Gasteiger partial charge in [-0.25, -0.2) is 15.0 Å². The van der Waals surface area contributed by atoms with Crippen molar-refractivity contribution in [3.05, 3.63) is 188 Å². The smallest absolute Gasteiger partial charge is 0.164 e. The average Bonchev–Trinajstić information content (AvgIpc) is 3.71. The van der Waals surface area contributed by atoms with E-state index in [-0.39, 0.29) is 63.1 Å². The van der Waals surface area contributed by atoms with Gasteiger partial charge in [-0.15, -0.1) is 0 Å². The first-order chi connectivity index (χ1) is 32.1. The fraction of sp³-hybridized carbons (Fsp3) is 0. The van der Waals surface area contributed by atoms with Crippen LogP contribution in [0, 0.1) is 0 Å². The van der Waals surface area contributed by atoms with Gasteiger partial charge in [-0.05, 0) is 62.3 Å². The molecule has 0 fully saturated rings. The van der Waals surface area contributed by atoms with E-state index in [0.29, 0.717) is 5.56 Å². The maximum absolute atomic E-state index is 9.31. The topological polar surface area (TPSA) is 51.8 Å². The summed E-state index contributed by atoms with van der Waals surface area (Å²) in [6.07, 6.45) is 0. The van der Waals surface area contributed by atoms with Crippen LogP contribution in [0.25, 0.3) is 100 Å². The predicted octanol–water partition coefficient (Wildman–Crippen LogP) is 12.9. The van der Waals surface area contributed by atoms with Crippen molar-refractivity contribution in [1.29, 1.82) is 0 Å². The van der Waals surface area contributed by atoms with Gasteiger partial charge in [-0.3, -0.25) is 0 Å². The van der Waals surface area contributed by atoms with Crippen molar-refractivity contribution in [3.63, 3.8) is 0 Å². The SMILES string of the molecule is [2H]c1cc2c(oc3c([2H])cc([2H])c(-c4nc(-c5ccc(-c6cccc7ccccc67)c(-c6ccccc6)c5)nc(-c5c([2H])c([2H])c(-c6c([2H])c([2H])c([2H])c([2H])c6[2H])c([2H])c5[2H])n4)c32)c([2H])c1[2H]. The van der Waals surface area contributed by atoms with E-state index >= 15 is 0 Å². The molecule has 0 aliphatic rings. The molecule has 4 nitrogen and oxygen atoms in total. The lowest BCUT2D eigenvalue weighted by Crippen LogP contribution is -2.01. The van der Waals surface area contributed by atoms with Crippen molar-refractivity contribution in [1.82, 2.24) is 15.0 Å². The van der Waals surface area contributed by atoms with Gasteiger partial charge in [-0.1, -0.05) is 170 Å². The van der Waals surface area contributed by atoms with Gasteiger partial charge < -0.3 is 4.42 Å². The molecule has 0 aliphatic carbocycles. The normalized spacial score (nSPS) is 15.1. The number of rotatable bonds is 6. The van der Waals surface area contributed by atoms with Gasteiger partial charge in [0.25, 0.3) is 0 Å². The van der Waals surface area contributed by atoms with Crippen LogP contribution in [0.3, 0.4) is 0 Å². The fourth-order valence-electron chi connectivity index (χ4n) is 6.54. The van der Waals surface area contributed by atoms with Crippen molar-refractivity contribution >= 4 is 32.7 Å². The van der Waals surface area contributed by atoms with Gasteiger partial charge >= 0.3 is 0 Å². The van der Waals surface area contributed by atoms with Crippen molar-refractivity contribution < 1.29 is 23.6 Å². The zero-order valence-electron chi connectivity index (χ0n) is 41.6. The second-order valence-corrected chi connectivity index (χ2v) is 12.1. The van der Waals surface area contributed by atoms with Crippen LogP contribution in [0.15, 0.2) is 192 Å². The van der Waals surface area contributed by atoms with Gasteiger partial charge in [-0.2, -0.15) is 0 Å². The van der Waals surface area contributed by atoms with E-state index in [1.165, 1.54) is 12.1 Å². The third-order valence-corrected chi connectivity index (χ3v) is 8.98. The van der Waals surface area contributed by atoms with E-state index in [2.05, 4.69) is 0 Å². The third kappa shape index (κ3) is 5.54. The van der Waals surface area contributed by atoms with Crippen molar-refractivity contribution in [2.45, 2.75) is 0 Å². The van der Waals surface area contributed by atoms with E-state index in [4.69, 9.17) is 34.4 Å². The number of aromatic nitrogens is 3. The zero-order chi connectivity index (χ0) is 47.3. The summed E-state index contributed by atoms with van der Waals surface area (Å²) in [5, 5.41) is 2.27. The van der Waals surface area contributed by atoms with Crippen LogP contribution in [0.2, 0.25) is 0 Å². The first-order valence-corrected chi connectivity index (χ1v) is 16.6. The Labute approximate surface area is 326 Å². The monoisotopic (exact) mass is 691 g/mol. The number of furan rings is 1. The highest BCUT2D eigenvalue weighted by molar-refractivity contribution is 6.11. The van der Waals surface area contributed by atoms with Crippen LogP contribution >= 0.6 is 0 Å². The molecule has 0 spiro atoms. The largest absolute Gasteiger partial charge is 0.456 e. The molecule has 4 heteroatoms. The van der Waals surface area contributed by atoms with Crippen molar-refractivity contribution in [2.24, 2.45) is 0 Å². The first-order valence-electron chi connectivity index (χ1n) is 23.6. The van der Waals surface area contributed by atoms with Crippen LogP contribution in [-0.4, -0.2) is 15.0 Å². The summed E-state index contributed by atoms with van der Waals surface area (Å²) < 4.78 is 128. The Morgan fingerprint density at radius 2 is 1.09 bits per heavy atom. The lowest BCUT2D eigenvalue weighted by atomic mass is 9.90. The van der Waals surface area contributed by atoms with Gasteiger partial charge in [0, 0.05) is 27.5 Å². The van der Waals surface area contributed by atoms with E-state index in [9.17, 15) is 4.11 Å². The Bertz CT molecular complexity index is 3700. The maximum Gasteiger partial charge on any atom is 0.164 e. The Kier molecular flexibility index (Phi) is 4.72. The molecule has 0 N–H and O–H groups in total. The summed E-state index contributed by atoms with van der Waals surface area (Å²) in [5.41, 5.74) is 2.17. The van der Waals surface area contributed by atoms with Gasteiger partial charge in [0.1, 0.15) is 11.2 Å². The highest BCUT2D eigenvalue weighted by Crippen LogP contribution is 2.40. The molecule has 8 aromatic carbocycles. The number of benzene rings is 8. The van der Waals surface area contributed by atoms with Gasteiger partial charge in [0.05, 0.1) is 19.2 Å². The Morgan fingerprint density at radius 1 is 0.377 bits per heavy atom. The standard InChI is InChI=1S/C49H31N3O/c1-3-13-32(14-4-1)33-25-27-36(28-26-33)47-50-48(52-49(51-47)42-22-12-24-45-46(42)41-20-9-10-23-44(41)53-45)37-29-30-40(43(31-37)35-15-5-2-6-16-35)39-21-11-18-34-17-7-8-19-38(34)39/h1-31H/i1D,3D,4D,9D,10D,13D,14D,22D,23D,24D,25D,26D,27D,28D. The quantitative estimate of drug-likeness (QED) is 0.174. The number of para-hydroxylation sites is 1. The zero-order valence-corrected chi connectivity index (χ0v) is 27.6. The molecule has 10 rings (SSSR count). The van der Waals surface area contributed by atoms with Gasteiger partial charge in [0.2, 0.25) is 0 Å². The van der Waals surface area contributed by atoms with Crippen molar-refractivity contribution in [3.8, 4) is 67.5 Å². The van der Waals surface area contributed by atoms with E-state index in [1.807, 2.05) is 84.9 Å². The molecular weight excluding hydrogens is 647 g/mol. The molecule has 53 heavy (non-hydrogen) atoms. The molecule has 248 valence electrons. The molecule has 0 radical (unpaired) electrons. The fourth-order valence-corrected chi connectivity index (χ4v) is 6.54. The Hall–Kier alpha value is -7.17. The molecule has 0 saturated carbocycles. The van der Waals surface area contributed by atoms with E-state index in [0.717, 1.165) is 33.0 Å². The van der Waals surface area contributed by atoms with Crippen LogP contribution in [-0.2, 0) is 0 Å². The Morgan fingerprint density at radius 3 is 1.96 bits per heavy atom. The summed E-state index contributed by atoms with van der Waals surface area (Å²) in [6, 6.07) is 23.7. The molecule has 10 aromatic rings. The summed E-state index contributed by atoms with van der Waals surface area (Å²) in [6.45, 7) is 0. The average molecular weight is 692 g/mol. The third-order valence-electron chi connectivity index (χ3n) is 8.98. The lowest BCUT2D eigenvalue weighted by Gasteiger charge is -2.15. The van der Waals surface area contributed by atoms with Gasteiger partial charge in [0.15, 0.2) is 17.5 Å². The first kappa shape index (κ1) is 19.4. The summed E-state index contributed by atoms with van der Waals surface area (Å²) in [5.74, 6) is -0.633. The highest BCUT2D eigenvalue weighted by atomic mass is 16.3. The minimum atomic E-state index is -0.732. The maximum atomic E-state index is 9.31. The molecule has 0 aliphatic heterocycles. The van der Waals surface area contributed by atoms with Crippen molar-refractivity contribution in [2.75, 3.05) is 0 Å². The molecule has 0 saturated heterocycles. The second-order valence-electron chi connectivity index (χ2n) is 12.1. The lowest BCUT2D eigenvalue weighted by molar-refractivity contribution is 0.669. The van der Waals surface area contributed by atoms with Crippen LogP contribution < -0.4 is 0 Å². The number of nitrogens with zero attached hydrogens (tertiary/aromatic N) is 3. The molecule has 0 unspecified atom stereocenters. The van der Waals surface area contributed by atoms with E-state index < -0.39 is 83.2 Å². The van der Waals surface area contributed by atoms with Crippen LogP contribution in [0.5, 0.6) is 0 Å². The number of fused-ring (bicyclic) bond motifs is 4. The second kappa shape index (κ2) is 12.9. The van der Waals surface area contributed by atoms with E-state index in [1.54, 1.807) is 6.07 Å². The summed E-state index contributed by atoms with van der Waals surface area (Å²) in [7, 11) is 0. The molecular formula is C49H31N3O. The molecule has 2 heterocycles. The number of hydrogen-bond donors (Lipinski definition) is 0. The van der Waals surface area contributed by atoms with Crippen LogP contribution in [0.1, 0.15) is 19.2 Å². The molecule has 0 amide bonds. The number of hydrogen-bond acceptors (Lipinski definition) is 4. The summed E-state index contributed by atoms with van der Waals surface area (Å²) in [4.78, 5) is 14.4.